The zero-order valence-corrected chi connectivity index (χ0v) is 14.9. The average Bonchev–Trinajstić information content (AvgIpc) is 2.69. The lowest BCUT2D eigenvalue weighted by Crippen LogP contribution is -2.45. The first-order valence-corrected chi connectivity index (χ1v) is 8.73. The molecule has 8 heteroatoms. The molecule has 3 aromatic rings. The van der Waals surface area contributed by atoms with E-state index in [0.29, 0.717) is 28.5 Å². The van der Waals surface area contributed by atoms with Gasteiger partial charge in [-0.2, -0.15) is 4.98 Å². The lowest BCUT2D eigenvalue weighted by Gasteiger charge is -2.32. The Bertz CT molecular complexity index is 972. The third kappa shape index (κ3) is 3.65. The number of hydrogen-bond donors (Lipinski definition) is 0. The minimum atomic E-state index is -0.430. The van der Waals surface area contributed by atoms with Crippen molar-refractivity contribution in [2.24, 2.45) is 0 Å². The van der Waals surface area contributed by atoms with Crippen LogP contribution in [0, 0.1) is 10.1 Å². The van der Waals surface area contributed by atoms with Gasteiger partial charge in [0.25, 0.3) is 5.69 Å². The van der Waals surface area contributed by atoms with Crippen LogP contribution in [0.5, 0.6) is 11.6 Å². The van der Waals surface area contributed by atoms with Crippen molar-refractivity contribution in [3.05, 3.63) is 58.6 Å². The van der Waals surface area contributed by atoms with Crippen LogP contribution < -0.4 is 9.64 Å². The number of aromatic nitrogens is 2. The van der Waals surface area contributed by atoms with Crippen molar-refractivity contribution in [1.82, 2.24) is 14.9 Å². The normalized spacial score (nSPS) is 15.1. The quantitative estimate of drug-likeness (QED) is 0.519. The van der Waals surface area contributed by atoms with Gasteiger partial charge in [0.15, 0.2) is 0 Å². The van der Waals surface area contributed by atoms with E-state index in [2.05, 4.69) is 26.8 Å². The molecule has 27 heavy (non-hydrogen) atoms. The monoisotopic (exact) mass is 365 g/mol. The number of likely N-dealkylation sites (N-methyl/N-ethyl adjacent to an activating group) is 1. The van der Waals surface area contributed by atoms with Gasteiger partial charge in [-0.15, -0.1) is 0 Å². The molecule has 2 heterocycles. The van der Waals surface area contributed by atoms with Crippen LogP contribution in [-0.2, 0) is 0 Å². The second-order valence-electron chi connectivity index (χ2n) is 6.49. The van der Waals surface area contributed by atoms with Gasteiger partial charge in [-0.1, -0.05) is 18.2 Å². The number of fused-ring (bicyclic) bond motifs is 1. The van der Waals surface area contributed by atoms with Crippen molar-refractivity contribution in [2.45, 2.75) is 0 Å². The summed E-state index contributed by atoms with van der Waals surface area (Å²) in [4.78, 5) is 24.3. The minimum absolute atomic E-state index is 0.0173. The molecule has 0 saturated carbocycles. The first-order valence-electron chi connectivity index (χ1n) is 8.73. The van der Waals surface area contributed by atoms with E-state index in [4.69, 9.17) is 4.74 Å². The molecule has 8 nitrogen and oxygen atoms in total. The summed E-state index contributed by atoms with van der Waals surface area (Å²) in [5, 5.41) is 11.7. The Morgan fingerprint density at radius 1 is 1.04 bits per heavy atom. The molecule has 1 aromatic heterocycles. The summed E-state index contributed by atoms with van der Waals surface area (Å²) in [5.74, 6) is 1.52. The summed E-state index contributed by atoms with van der Waals surface area (Å²) >= 11 is 0. The SMILES string of the molecule is CN1CCN(c2nc(Oc3ccccc3)c3cc([N+](=O)[O-])ccc3n2)CC1. The Kier molecular flexibility index (Phi) is 4.55. The molecule has 0 amide bonds. The molecule has 1 fully saturated rings. The highest BCUT2D eigenvalue weighted by molar-refractivity contribution is 5.87. The molecule has 138 valence electrons. The lowest BCUT2D eigenvalue weighted by molar-refractivity contribution is -0.384. The molecular formula is C19H19N5O3. The standard InChI is InChI=1S/C19H19N5O3/c1-22-9-11-23(12-10-22)19-20-17-8-7-14(24(25)26)13-16(17)18(21-19)27-15-5-3-2-4-6-15/h2-8,13H,9-12H2,1H3. The summed E-state index contributed by atoms with van der Waals surface area (Å²) in [6, 6.07) is 13.8. The van der Waals surface area contributed by atoms with Gasteiger partial charge in [0.2, 0.25) is 11.8 Å². The maximum absolute atomic E-state index is 11.2. The number of anilines is 1. The molecule has 1 aliphatic heterocycles. The van der Waals surface area contributed by atoms with E-state index >= 15 is 0 Å². The van der Waals surface area contributed by atoms with Gasteiger partial charge in [0.05, 0.1) is 15.8 Å². The number of hydrogen-bond acceptors (Lipinski definition) is 7. The van der Waals surface area contributed by atoms with E-state index in [1.54, 1.807) is 6.07 Å². The molecule has 2 aromatic carbocycles. The molecule has 1 saturated heterocycles. The molecule has 0 N–H and O–H groups in total. The molecule has 0 radical (unpaired) electrons. The summed E-state index contributed by atoms with van der Waals surface area (Å²) < 4.78 is 5.97. The van der Waals surface area contributed by atoms with Crippen LogP contribution in [0.1, 0.15) is 0 Å². The average molecular weight is 365 g/mol. The smallest absolute Gasteiger partial charge is 0.270 e. The zero-order chi connectivity index (χ0) is 18.8. The minimum Gasteiger partial charge on any atom is -0.438 e. The number of nitro groups is 1. The van der Waals surface area contributed by atoms with Crippen LogP contribution >= 0.6 is 0 Å². The highest BCUT2D eigenvalue weighted by atomic mass is 16.6. The number of rotatable bonds is 4. The number of piperazine rings is 1. The summed E-state index contributed by atoms with van der Waals surface area (Å²) in [7, 11) is 2.08. The van der Waals surface area contributed by atoms with Gasteiger partial charge in [0.1, 0.15) is 5.75 Å². The van der Waals surface area contributed by atoms with E-state index in [-0.39, 0.29) is 5.69 Å². The van der Waals surface area contributed by atoms with Crippen LogP contribution in [0.2, 0.25) is 0 Å². The van der Waals surface area contributed by atoms with Crippen molar-refractivity contribution in [2.75, 3.05) is 38.1 Å². The van der Waals surface area contributed by atoms with Gasteiger partial charge < -0.3 is 14.5 Å². The molecular weight excluding hydrogens is 346 g/mol. The largest absolute Gasteiger partial charge is 0.438 e. The Morgan fingerprint density at radius 3 is 2.48 bits per heavy atom. The Hall–Kier alpha value is -3.26. The Morgan fingerprint density at radius 2 is 1.78 bits per heavy atom. The molecule has 0 bridgehead atoms. The Labute approximate surface area is 156 Å². The zero-order valence-electron chi connectivity index (χ0n) is 14.9. The van der Waals surface area contributed by atoms with Crippen molar-refractivity contribution in [1.29, 1.82) is 0 Å². The van der Waals surface area contributed by atoms with E-state index in [1.807, 2.05) is 30.3 Å². The summed E-state index contributed by atoms with van der Waals surface area (Å²) in [6.07, 6.45) is 0. The number of nitro benzene ring substituents is 1. The van der Waals surface area contributed by atoms with Gasteiger partial charge in [-0.25, -0.2) is 4.98 Å². The van der Waals surface area contributed by atoms with Crippen LogP contribution in [0.15, 0.2) is 48.5 Å². The summed E-state index contributed by atoms with van der Waals surface area (Å²) in [6.45, 7) is 3.49. The molecule has 0 spiro atoms. The fourth-order valence-corrected chi connectivity index (χ4v) is 3.02. The third-order valence-corrected chi connectivity index (χ3v) is 4.59. The van der Waals surface area contributed by atoms with Gasteiger partial charge in [-0.3, -0.25) is 10.1 Å². The van der Waals surface area contributed by atoms with Gasteiger partial charge in [0, 0.05) is 38.3 Å². The number of nitrogens with zero attached hydrogens (tertiary/aromatic N) is 5. The maximum atomic E-state index is 11.2. The van der Waals surface area contributed by atoms with E-state index in [1.165, 1.54) is 12.1 Å². The van der Waals surface area contributed by atoms with E-state index in [9.17, 15) is 10.1 Å². The predicted molar refractivity (Wildman–Crippen MR) is 102 cm³/mol. The number of non-ortho nitro benzene ring substituents is 1. The van der Waals surface area contributed by atoms with Gasteiger partial charge in [-0.05, 0) is 25.2 Å². The first kappa shape index (κ1) is 17.2. The molecule has 0 atom stereocenters. The number of benzene rings is 2. The second-order valence-corrected chi connectivity index (χ2v) is 6.49. The highest BCUT2D eigenvalue weighted by Crippen LogP contribution is 2.32. The molecule has 4 rings (SSSR count). The van der Waals surface area contributed by atoms with E-state index in [0.717, 1.165) is 26.2 Å². The Balaban J connectivity index is 1.79. The van der Waals surface area contributed by atoms with Crippen molar-refractivity contribution >= 4 is 22.5 Å². The van der Waals surface area contributed by atoms with Crippen LogP contribution in [0.25, 0.3) is 10.9 Å². The number of para-hydroxylation sites is 1. The van der Waals surface area contributed by atoms with Crippen LogP contribution in [0.4, 0.5) is 11.6 Å². The second kappa shape index (κ2) is 7.16. The fraction of sp³-hybridized carbons (Fsp3) is 0.263. The molecule has 0 aliphatic carbocycles. The van der Waals surface area contributed by atoms with Crippen molar-refractivity contribution in [3.8, 4) is 11.6 Å². The van der Waals surface area contributed by atoms with E-state index < -0.39 is 4.92 Å². The van der Waals surface area contributed by atoms with Crippen LogP contribution in [0.3, 0.4) is 0 Å². The highest BCUT2D eigenvalue weighted by Gasteiger charge is 2.20. The third-order valence-electron chi connectivity index (χ3n) is 4.59. The topological polar surface area (TPSA) is 84.6 Å². The fourth-order valence-electron chi connectivity index (χ4n) is 3.02. The molecule has 0 unspecified atom stereocenters. The predicted octanol–water partition coefficient (Wildman–Crippen LogP) is 3.08. The van der Waals surface area contributed by atoms with Crippen LogP contribution in [-0.4, -0.2) is 53.0 Å². The van der Waals surface area contributed by atoms with Crippen molar-refractivity contribution < 1.29 is 9.66 Å². The summed E-state index contributed by atoms with van der Waals surface area (Å²) in [5.41, 5.74) is 0.604. The van der Waals surface area contributed by atoms with Crippen molar-refractivity contribution in [3.63, 3.8) is 0 Å². The lowest BCUT2D eigenvalue weighted by atomic mass is 10.2. The van der Waals surface area contributed by atoms with Gasteiger partial charge >= 0.3 is 0 Å². The number of ether oxygens (including phenoxy) is 1. The first-order chi connectivity index (χ1) is 13.1. The maximum Gasteiger partial charge on any atom is 0.270 e. The molecule has 1 aliphatic rings.